The molecule has 0 spiro atoms. The maximum Gasteiger partial charge on any atom is 0.325 e. The average Bonchev–Trinajstić information content (AvgIpc) is 3.46. The molecule has 5 rings (SSSR count). The fourth-order valence-corrected chi connectivity index (χ4v) is 6.19. The molecule has 1 aromatic heterocycles. The molecule has 1 fully saturated rings. The first-order chi connectivity index (χ1) is 16.9. The number of ether oxygens (including phenoxy) is 4. The van der Waals surface area contributed by atoms with Crippen molar-refractivity contribution in [2.75, 3.05) is 40.2 Å². The number of thiazole rings is 1. The van der Waals surface area contributed by atoms with E-state index < -0.39 is 21.9 Å². The predicted molar refractivity (Wildman–Crippen MR) is 124 cm³/mol. The Morgan fingerprint density at radius 3 is 2.46 bits per heavy atom. The van der Waals surface area contributed by atoms with Crippen LogP contribution >= 0.6 is 11.3 Å². The number of fused-ring (bicyclic) bond motifs is 2. The summed E-state index contributed by atoms with van der Waals surface area (Å²) in [5.74, 6) is 0.0160. The number of sulfonamides is 1. The molecule has 2 aromatic carbocycles. The zero-order chi connectivity index (χ0) is 24.6. The van der Waals surface area contributed by atoms with Gasteiger partial charge in [-0.15, -0.1) is 0 Å². The Bertz CT molecular complexity index is 1470. The van der Waals surface area contributed by atoms with Crippen molar-refractivity contribution in [2.24, 2.45) is 4.99 Å². The smallest absolute Gasteiger partial charge is 0.325 e. The topological polar surface area (TPSA) is 126 Å². The molecule has 3 heterocycles. The van der Waals surface area contributed by atoms with Gasteiger partial charge in [0.25, 0.3) is 5.91 Å². The summed E-state index contributed by atoms with van der Waals surface area (Å²) in [6, 6.07) is 9.12. The van der Waals surface area contributed by atoms with E-state index in [-0.39, 0.29) is 41.7 Å². The van der Waals surface area contributed by atoms with Gasteiger partial charge in [0.2, 0.25) is 16.8 Å². The van der Waals surface area contributed by atoms with E-state index in [0.717, 1.165) is 4.70 Å². The van der Waals surface area contributed by atoms with Gasteiger partial charge in [0.1, 0.15) is 6.54 Å². The van der Waals surface area contributed by atoms with Crippen molar-refractivity contribution in [3.63, 3.8) is 0 Å². The molecule has 184 valence electrons. The second kappa shape index (κ2) is 9.41. The van der Waals surface area contributed by atoms with E-state index in [2.05, 4.69) is 4.99 Å². The Kier molecular flexibility index (Phi) is 6.32. The predicted octanol–water partition coefficient (Wildman–Crippen LogP) is 1.37. The molecule has 3 aromatic rings. The number of benzene rings is 2. The minimum atomic E-state index is -3.67. The highest BCUT2D eigenvalue weighted by Crippen LogP contribution is 2.37. The van der Waals surface area contributed by atoms with Crippen molar-refractivity contribution in [3.05, 3.63) is 46.8 Å². The number of nitrogens with zero attached hydrogens (tertiary/aromatic N) is 3. The van der Waals surface area contributed by atoms with Gasteiger partial charge in [-0.25, -0.2) is 8.42 Å². The third-order valence-corrected chi connectivity index (χ3v) is 8.55. The number of hydrogen-bond acceptors (Lipinski definition) is 9. The van der Waals surface area contributed by atoms with Crippen LogP contribution in [-0.4, -0.2) is 69.4 Å². The summed E-state index contributed by atoms with van der Waals surface area (Å²) in [6.07, 6.45) is 0. The third-order valence-electron chi connectivity index (χ3n) is 5.60. The molecule has 1 amide bonds. The summed E-state index contributed by atoms with van der Waals surface area (Å²) in [5, 5.41) is 0. The van der Waals surface area contributed by atoms with Crippen LogP contribution in [0.5, 0.6) is 11.5 Å². The van der Waals surface area contributed by atoms with Gasteiger partial charge in [0, 0.05) is 30.8 Å². The molecular formula is C22H21N3O8S2. The second-order valence-corrected chi connectivity index (χ2v) is 10.6. The van der Waals surface area contributed by atoms with Gasteiger partial charge in [-0.1, -0.05) is 11.3 Å². The van der Waals surface area contributed by atoms with Crippen molar-refractivity contribution in [2.45, 2.75) is 11.4 Å². The van der Waals surface area contributed by atoms with Crippen molar-refractivity contribution < 1.29 is 37.0 Å². The number of methoxy groups -OCH3 is 1. The SMILES string of the molecule is COC(=O)Cn1c(=NC(=O)c2ccc(S(=O)(=O)N3CCOCC3)cc2)sc2cc3c(cc21)OCO3. The molecular weight excluding hydrogens is 498 g/mol. The van der Waals surface area contributed by atoms with E-state index in [1.54, 1.807) is 16.7 Å². The van der Waals surface area contributed by atoms with Gasteiger partial charge in [0.05, 0.1) is 35.4 Å². The van der Waals surface area contributed by atoms with Crippen LogP contribution in [0.25, 0.3) is 10.2 Å². The molecule has 35 heavy (non-hydrogen) atoms. The summed E-state index contributed by atoms with van der Waals surface area (Å²) < 4.78 is 50.2. The lowest BCUT2D eigenvalue weighted by Crippen LogP contribution is -2.40. The minimum absolute atomic E-state index is 0.0908. The maximum absolute atomic E-state index is 12.9. The number of morpholine rings is 1. The molecule has 0 radical (unpaired) electrons. The van der Waals surface area contributed by atoms with Gasteiger partial charge < -0.3 is 23.5 Å². The second-order valence-electron chi connectivity index (χ2n) is 7.68. The monoisotopic (exact) mass is 519 g/mol. The number of carbonyl (C=O) groups is 2. The number of hydrogen-bond donors (Lipinski definition) is 0. The highest BCUT2D eigenvalue weighted by Gasteiger charge is 2.26. The van der Waals surface area contributed by atoms with Crippen molar-refractivity contribution >= 4 is 43.5 Å². The van der Waals surface area contributed by atoms with Gasteiger partial charge >= 0.3 is 5.97 Å². The average molecular weight is 520 g/mol. The molecule has 2 aliphatic heterocycles. The van der Waals surface area contributed by atoms with Crippen LogP contribution in [0.4, 0.5) is 0 Å². The van der Waals surface area contributed by atoms with E-state index in [4.69, 9.17) is 18.9 Å². The van der Waals surface area contributed by atoms with E-state index in [0.29, 0.717) is 30.2 Å². The lowest BCUT2D eigenvalue weighted by Gasteiger charge is -2.26. The molecule has 0 unspecified atom stereocenters. The van der Waals surface area contributed by atoms with Crippen molar-refractivity contribution in [3.8, 4) is 11.5 Å². The standard InChI is InChI=1S/C22H21N3O8S2/c1-30-20(26)12-25-16-10-17-18(33-13-32-17)11-19(16)34-22(25)23-21(27)14-2-4-15(5-3-14)35(28,29)24-6-8-31-9-7-24/h2-5,10-11H,6-9,12-13H2,1H3. The van der Waals surface area contributed by atoms with Crippen molar-refractivity contribution in [1.82, 2.24) is 8.87 Å². The van der Waals surface area contributed by atoms with Crippen LogP contribution in [0.3, 0.4) is 0 Å². The Morgan fingerprint density at radius 2 is 1.77 bits per heavy atom. The quantitative estimate of drug-likeness (QED) is 0.463. The number of amides is 1. The zero-order valence-electron chi connectivity index (χ0n) is 18.6. The maximum atomic E-state index is 12.9. The Labute approximate surface area is 204 Å². The lowest BCUT2D eigenvalue weighted by atomic mass is 10.2. The first kappa shape index (κ1) is 23.5. The Hall–Kier alpha value is -3.26. The first-order valence-electron chi connectivity index (χ1n) is 10.6. The zero-order valence-corrected chi connectivity index (χ0v) is 20.3. The van der Waals surface area contributed by atoms with Gasteiger partial charge in [-0.05, 0) is 24.3 Å². The fraction of sp³-hybridized carbons (Fsp3) is 0.318. The normalized spacial score (nSPS) is 16.5. The summed E-state index contributed by atoms with van der Waals surface area (Å²) in [5.41, 5.74) is 0.852. The third kappa shape index (κ3) is 4.55. The van der Waals surface area contributed by atoms with E-state index in [1.807, 2.05) is 0 Å². The van der Waals surface area contributed by atoms with Crippen LogP contribution < -0.4 is 14.3 Å². The van der Waals surface area contributed by atoms with Crippen LogP contribution in [0, 0.1) is 0 Å². The number of esters is 1. The number of carbonyl (C=O) groups excluding carboxylic acids is 2. The molecule has 0 aliphatic carbocycles. The van der Waals surface area contributed by atoms with Crippen LogP contribution in [0.2, 0.25) is 0 Å². The number of rotatable bonds is 5. The molecule has 11 nitrogen and oxygen atoms in total. The molecule has 0 atom stereocenters. The van der Waals surface area contributed by atoms with E-state index >= 15 is 0 Å². The molecule has 0 N–H and O–H groups in total. The van der Waals surface area contributed by atoms with Crippen LogP contribution in [0.15, 0.2) is 46.3 Å². The Balaban J connectivity index is 1.48. The summed E-state index contributed by atoms with van der Waals surface area (Å²) >= 11 is 1.21. The van der Waals surface area contributed by atoms with Gasteiger partial charge in [0.15, 0.2) is 16.3 Å². The fourth-order valence-electron chi connectivity index (χ4n) is 3.75. The van der Waals surface area contributed by atoms with Gasteiger partial charge in [-0.2, -0.15) is 9.30 Å². The first-order valence-corrected chi connectivity index (χ1v) is 12.9. The van der Waals surface area contributed by atoms with Gasteiger partial charge in [-0.3, -0.25) is 9.59 Å². The highest BCUT2D eigenvalue weighted by molar-refractivity contribution is 7.89. The summed E-state index contributed by atoms with van der Waals surface area (Å²) in [7, 11) is -2.40. The summed E-state index contributed by atoms with van der Waals surface area (Å²) in [4.78, 5) is 29.6. The van der Waals surface area contributed by atoms with Crippen molar-refractivity contribution in [1.29, 1.82) is 0 Å². The molecule has 0 saturated carbocycles. The van der Waals surface area contributed by atoms with Crippen LogP contribution in [0.1, 0.15) is 10.4 Å². The Morgan fingerprint density at radius 1 is 1.09 bits per heavy atom. The molecule has 0 bridgehead atoms. The molecule has 13 heteroatoms. The lowest BCUT2D eigenvalue weighted by molar-refractivity contribution is -0.141. The minimum Gasteiger partial charge on any atom is -0.468 e. The molecule has 1 saturated heterocycles. The largest absolute Gasteiger partial charge is 0.468 e. The van der Waals surface area contributed by atoms with E-state index in [9.17, 15) is 18.0 Å². The highest BCUT2D eigenvalue weighted by atomic mass is 32.2. The number of aromatic nitrogens is 1. The summed E-state index contributed by atoms with van der Waals surface area (Å²) in [6.45, 7) is 1.21. The van der Waals surface area contributed by atoms with Crippen LogP contribution in [-0.2, 0) is 30.8 Å². The molecule has 2 aliphatic rings. The van der Waals surface area contributed by atoms with E-state index in [1.165, 1.54) is 47.0 Å².